The van der Waals surface area contributed by atoms with Gasteiger partial charge >= 0.3 is 0 Å². The largest absolute Gasteiger partial charge is 0.265 e. The van der Waals surface area contributed by atoms with Crippen molar-refractivity contribution < 1.29 is 0 Å². The predicted octanol–water partition coefficient (Wildman–Crippen LogP) is 4.93. The van der Waals surface area contributed by atoms with Crippen molar-refractivity contribution >= 4 is 11.3 Å². The third kappa shape index (κ3) is 2.89. The topological polar surface area (TPSA) is 38.7 Å². The minimum absolute atomic E-state index is 0.947. The standard InChI is InChI=1S/C19H13N3S/c1-6-20-7-2-14(1)17-11-18(15-3-8-21-9-4-15)22-19(12-17)16-5-10-23-13-16/h1-13H. The Morgan fingerprint density at radius 3 is 1.83 bits per heavy atom. The summed E-state index contributed by atoms with van der Waals surface area (Å²) in [6.07, 6.45) is 7.21. The normalized spacial score (nSPS) is 10.6. The zero-order valence-corrected chi connectivity index (χ0v) is 13.1. The van der Waals surface area contributed by atoms with Crippen molar-refractivity contribution in [1.29, 1.82) is 0 Å². The van der Waals surface area contributed by atoms with E-state index >= 15 is 0 Å². The lowest BCUT2D eigenvalue weighted by atomic mass is 10.0. The second-order valence-corrected chi connectivity index (χ2v) is 5.89. The van der Waals surface area contributed by atoms with E-state index in [2.05, 4.69) is 38.9 Å². The zero-order valence-electron chi connectivity index (χ0n) is 12.3. The summed E-state index contributed by atoms with van der Waals surface area (Å²) in [5.41, 5.74) is 6.40. The molecule has 4 heterocycles. The lowest BCUT2D eigenvalue weighted by Gasteiger charge is -2.09. The van der Waals surface area contributed by atoms with Crippen LogP contribution in [0.1, 0.15) is 0 Å². The van der Waals surface area contributed by atoms with E-state index in [0.717, 1.165) is 33.6 Å². The number of thiophene rings is 1. The van der Waals surface area contributed by atoms with Gasteiger partial charge in [0.25, 0.3) is 0 Å². The quantitative estimate of drug-likeness (QED) is 0.538. The van der Waals surface area contributed by atoms with Gasteiger partial charge in [0, 0.05) is 41.3 Å². The molecule has 0 radical (unpaired) electrons. The van der Waals surface area contributed by atoms with Crippen molar-refractivity contribution in [3.63, 3.8) is 0 Å². The molecule has 0 N–H and O–H groups in total. The average molecular weight is 315 g/mol. The van der Waals surface area contributed by atoms with E-state index in [4.69, 9.17) is 4.98 Å². The van der Waals surface area contributed by atoms with Crippen molar-refractivity contribution in [3.8, 4) is 33.6 Å². The first-order valence-corrected chi connectivity index (χ1v) is 8.20. The van der Waals surface area contributed by atoms with Crippen molar-refractivity contribution in [2.45, 2.75) is 0 Å². The third-order valence-corrected chi connectivity index (χ3v) is 4.32. The molecule has 0 atom stereocenters. The van der Waals surface area contributed by atoms with Crippen molar-refractivity contribution in [2.24, 2.45) is 0 Å². The van der Waals surface area contributed by atoms with Crippen molar-refractivity contribution in [3.05, 3.63) is 78.0 Å². The fourth-order valence-corrected chi connectivity index (χ4v) is 3.12. The first kappa shape index (κ1) is 13.8. The zero-order chi connectivity index (χ0) is 15.5. The Bertz CT molecular complexity index is 846. The molecule has 4 rings (SSSR count). The van der Waals surface area contributed by atoms with E-state index in [1.807, 2.05) is 36.7 Å². The molecule has 0 aliphatic heterocycles. The van der Waals surface area contributed by atoms with Crippen LogP contribution in [0.15, 0.2) is 78.0 Å². The molecule has 0 saturated carbocycles. The third-order valence-electron chi connectivity index (χ3n) is 3.63. The molecule has 4 aromatic rings. The van der Waals surface area contributed by atoms with Gasteiger partial charge in [-0.25, -0.2) is 4.98 Å². The summed E-state index contributed by atoms with van der Waals surface area (Å²) in [7, 11) is 0. The van der Waals surface area contributed by atoms with Crippen molar-refractivity contribution in [2.75, 3.05) is 0 Å². The van der Waals surface area contributed by atoms with Gasteiger partial charge in [-0.2, -0.15) is 11.3 Å². The maximum Gasteiger partial charge on any atom is 0.0724 e. The molecule has 0 aliphatic rings. The van der Waals surface area contributed by atoms with Crippen LogP contribution in [0.3, 0.4) is 0 Å². The van der Waals surface area contributed by atoms with Crippen LogP contribution in [-0.4, -0.2) is 15.0 Å². The number of rotatable bonds is 3. The molecule has 23 heavy (non-hydrogen) atoms. The van der Waals surface area contributed by atoms with E-state index in [9.17, 15) is 0 Å². The van der Waals surface area contributed by atoms with E-state index in [1.165, 1.54) is 0 Å². The summed E-state index contributed by atoms with van der Waals surface area (Å²) in [4.78, 5) is 13.0. The molecule has 0 saturated heterocycles. The smallest absolute Gasteiger partial charge is 0.0724 e. The molecular formula is C19H13N3S. The summed E-state index contributed by atoms with van der Waals surface area (Å²) >= 11 is 1.68. The van der Waals surface area contributed by atoms with E-state index in [1.54, 1.807) is 23.7 Å². The second kappa shape index (κ2) is 6.10. The Kier molecular flexibility index (Phi) is 3.66. The van der Waals surface area contributed by atoms with Gasteiger partial charge in [0.15, 0.2) is 0 Å². The van der Waals surface area contributed by atoms with E-state index in [0.29, 0.717) is 0 Å². The van der Waals surface area contributed by atoms with Crippen LogP contribution in [0.4, 0.5) is 0 Å². The van der Waals surface area contributed by atoms with Crippen molar-refractivity contribution in [1.82, 2.24) is 15.0 Å². The van der Waals surface area contributed by atoms with Crippen LogP contribution in [-0.2, 0) is 0 Å². The molecule has 4 heteroatoms. The number of hydrogen-bond acceptors (Lipinski definition) is 4. The molecule has 0 aliphatic carbocycles. The lowest BCUT2D eigenvalue weighted by Crippen LogP contribution is -1.90. The maximum absolute atomic E-state index is 4.83. The molecule has 0 aromatic carbocycles. The molecule has 0 unspecified atom stereocenters. The minimum atomic E-state index is 0.947. The fraction of sp³-hybridized carbons (Fsp3) is 0. The maximum atomic E-state index is 4.83. The van der Waals surface area contributed by atoms with Crippen LogP contribution < -0.4 is 0 Å². The Morgan fingerprint density at radius 2 is 1.22 bits per heavy atom. The highest BCUT2D eigenvalue weighted by Gasteiger charge is 2.09. The first-order chi connectivity index (χ1) is 11.4. The van der Waals surface area contributed by atoms with Gasteiger partial charge in [0.1, 0.15) is 0 Å². The molecular weight excluding hydrogens is 302 g/mol. The SMILES string of the molecule is c1cc(-c2cc(-c3ccncc3)nc(-c3ccsc3)c2)ccn1. The highest BCUT2D eigenvalue weighted by molar-refractivity contribution is 7.08. The summed E-state index contributed by atoms with van der Waals surface area (Å²) in [5, 5.41) is 4.19. The molecule has 0 bridgehead atoms. The Balaban J connectivity index is 1.91. The van der Waals surface area contributed by atoms with Crippen LogP contribution in [0.5, 0.6) is 0 Å². The van der Waals surface area contributed by atoms with Gasteiger partial charge < -0.3 is 0 Å². The van der Waals surface area contributed by atoms with E-state index < -0.39 is 0 Å². The fourth-order valence-electron chi connectivity index (χ4n) is 2.47. The van der Waals surface area contributed by atoms with Gasteiger partial charge in [-0.15, -0.1) is 0 Å². The van der Waals surface area contributed by atoms with Gasteiger partial charge in [0.2, 0.25) is 0 Å². The monoisotopic (exact) mass is 315 g/mol. The van der Waals surface area contributed by atoms with Gasteiger partial charge in [-0.05, 0) is 59.0 Å². The number of pyridine rings is 3. The summed E-state index contributed by atoms with van der Waals surface area (Å²) in [6, 6.07) is 14.3. The minimum Gasteiger partial charge on any atom is -0.265 e. The number of nitrogens with zero attached hydrogens (tertiary/aromatic N) is 3. The molecule has 0 spiro atoms. The predicted molar refractivity (Wildman–Crippen MR) is 94.0 cm³/mol. The number of aromatic nitrogens is 3. The average Bonchev–Trinajstić information content (AvgIpc) is 3.18. The lowest BCUT2D eigenvalue weighted by molar-refractivity contribution is 1.28. The molecule has 0 amide bonds. The summed E-state index contributed by atoms with van der Waals surface area (Å²) in [6.45, 7) is 0. The Labute approximate surface area is 138 Å². The molecule has 110 valence electrons. The van der Waals surface area contributed by atoms with Crippen LogP contribution >= 0.6 is 11.3 Å². The van der Waals surface area contributed by atoms with Gasteiger partial charge in [-0.3, -0.25) is 9.97 Å². The Morgan fingerprint density at radius 1 is 0.609 bits per heavy atom. The highest BCUT2D eigenvalue weighted by Crippen LogP contribution is 2.30. The van der Waals surface area contributed by atoms with Gasteiger partial charge in [0.05, 0.1) is 11.4 Å². The van der Waals surface area contributed by atoms with Crippen LogP contribution in [0.25, 0.3) is 33.6 Å². The van der Waals surface area contributed by atoms with Crippen LogP contribution in [0.2, 0.25) is 0 Å². The second-order valence-electron chi connectivity index (χ2n) is 5.11. The Hall–Kier alpha value is -2.85. The molecule has 3 nitrogen and oxygen atoms in total. The molecule has 0 fully saturated rings. The van der Waals surface area contributed by atoms with E-state index in [-0.39, 0.29) is 0 Å². The summed E-state index contributed by atoms with van der Waals surface area (Å²) in [5.74, 6) is 0. The van der Waals surface area contributed by atoms with Crippen LogP contribution in [0, 0.1) is 0 Å². The number of hydrogen-bond donors (Lipinski definition) is 0. The first-order valence-electron chi connectivity index (χ1n) is 7.25. The summed E-state index contributed by atoms with van der Waals surface area (Å²) < 4.78 is 0. The molecule has 4 aromatic heterocycles. The van der Waals surface area contributed by atoms with Gasteiger partial charge in [-0.1, -0.05) is 0 Å². The highest BCUT2D eigenvalue weighted by atomic mass is 32.1.